The first kappa shape index (κ1) is 25.1. The van der Waals surface area contributed by atoms with Crippen LogP contribution in [0.4, 0.5) is 22.7 Å². The predicted molar refractivity (Wildman–Crippen MR) is 125 cm³/mol. The van der Waals surface area contributed by atoms with E-state index in [1.54, 1.807) is 0 Å². The minimum atomic E-state index is 0. The van der Waals surface area contributed by atoms with Gasteiger partial charge in [-0.15, -0.1) is 0 Å². The number of hydrogen-bond donors (Lipinski definition) is 2. The van der Waals surface area contributed by atoms with Crippen LogP contribution in [0.15, 0.2) is 58.5 Å². The molecule has 0 saturated carbocycles. The summed E-state index contributed by atoms with van der Waals surface area (Å²) in [6, 6.07) is 17.2. The molecule has 0 aromatic heterocycles. The second-order valence-electron chi connectivity index (χ2n) is 7.66. The smallest absolute Gasteiger partial charge is 0.0654 e. The van der Waals surface area contributed by atoms with E-state index in [2.05, 4.69) is 74.5 Å². The first-order valence-corrected chi connectivity index (χ1v) is 10.3. The van der Waals surface area contributed by atoms with E-state index >= 15 is 0 Å². The number of rotatable bonds is 10. The number of hydrogen-bond acceptors (Lipinski definition) is 4. The molecule has 0 bridgehead atoms. The zero-order chi connectivity index (χ0) is 20.4. The minimum Gasteiger partial charge on any atom is -0.383 e. The molecule has 2 rings (SSSR count). The Morgan fingerprint density at radius 3 is 2.00 bits per heavy atom. The topological polar surface area (TPSA) is 48.8 Å². The molecule has 0 aliphatic carbocycles. The fourth-order valence-electron chi connectivity index (χ4n) is 2.83. The second-order valence-corrected chi connectivity index (χ2v) is 7.66. The molecule has 0 aliphatic rings. The monoisotopic (exact) mass is 484 g/mol. The molecule has 2 N–H and O–H groups in total. The van der Waals surface area contributed by atoms with Gasteiger partial charge in [0.2, 0.25) is 0 Å². The van der Waals surface area contributed by atoms with Crippen molar-refractivity contribution in [1.82, 2.24) is 0 Å². The van der Waals surface area contributed by atoms with Crippen molar-refractivity contribution in [3.8, 4) is 0 Å². The number of anilines is 2. The molecule has 0 radical (unpaired) electrons. The van der Waals surface area contributed by atoms with Gasteiger partial charge in [0, 0.05) is 50.1 Å². The Kier molecular flexibility index (Phi) is 11.5. The van der Waals surface area contributed by atoms with E-state index in [1.807, 2.05) is 30.5 Å². The van der Waals surface area contributed by atoms with E-state index in [1.165, 1.54) is 0 Å². The zero-order valence-electron chi connectivity index (χ0n) is 18.2. The van der Waals surface area contributed by atoms with Crippen LogP contribution in [0, 0.1) is 0 Å². The van der Waals surface area contributed by atoms with Crippen LogP contribution in [-0.4, -0.2) is 24.0 Å². The first-order valence-electron chi connectivity index (χ1n) is 10.3. The normalized spacial score (nSPS) is 11.8. The van der Waals surface area contributed by atoms with Gasteiger partial charge in [-0.3, -0.25) is 9.98 Å². The van der Waals surface area contributed by atoms with Crippen molar-refractivity contribution in [2.45, 2.75) is 66.0 Å². The maximum absolute atomic E-state index is 4.86. The third-order valence-corrected chi connectivity index (χ3v) is 4.02. The van der Waals surface area contributed by atoms with Gasteiger partial charge in [-0.2, -0.15) is 0 Å². The quantitative estimate of drug-likeness (QED) is 0.282. The molecular formula is C24H34N4Pd. The van der Waals surface area contributed by atoms with Gasteiger partial charge < -0.3 is 10.6 Å². The molecule has 0 heterocycles. The van der Waals surface area contributed by atoms with Crippen molar-refractivity contribution in [3.05, 3.63) is 48.5 Å². The molecule has 29 heavy (non-hydrogen) atoms. The summed E-state index contributed by atoms with van der Waals surface area (Å²) in [5, 5.41) is 6.85. The summed E-state index contributed by atoms with van der Waals surface area (Å²) in [6.45, 7) is 10.7. The molecule has 0 amide bonds. The van der Waals surface area contributed by atoms with Gasteiger partial charge in [0.1, 0.15) is 0 Å². The van der Waals surface area contributed by atoms with Crippen LogP contribution in [0.5, 0.6) is 0 Å². The maximum atomic E-state index is 4.86. The van der Waals surface area contributed by atoms with Gasteiger partial charge in [-0.25, -0.2) is 0 Å². The Bertz CT molecular complexity index is 797. The van der Waals surface area contributed by atoms with Crippen LogP contribution in [0.2, 0.25) is 0 Å². The number of unbranched alkanes of at least 4 members (excludes halogenated alkanes) is 1. The number of benzene rings is 2. The Morgan fingerprint density at radius 1 is 0.897 bits per heavy atom. The van der Waals surface area contributed by atoms with E-state index < -0.39 is 0 Å². The summed E-state index contributed by atoms with van der Waals surface area (Å²) in [5.74, 6) is 0. The van der Waals surface area contributed by atoms with E-state index in [4.69, 9.17) is 4.99 Å². The Morgan fingerprint density at radius 2 is 1.45 bits per heavy atom. The average Bonchev–Trinajstić information content (AvgIpc) is 2.63. The van der Waals surface area contributed by atoms with Gasteiger partial charge in [-0.05, 0) is 76.9 Å². The summed E-state index contributed by atoms with van der Waals surface area (Å²) in [6.07, 6.45) is 5.07. The zero-order valence-corrected chi connectivity index (χ0v) is 19.7. The largest absolute Gasteiger partial charge is 0.383 e. The van der Waals surface area contributed by atoms with Crippen LogP contribution < -0.4 is 10.6 Å². The van der Waals surface area contributed by atoms with Gasteiger partial charge in [0.05, 0.1) is 17.1 Å². The van der Waals surface area contributed by atoms with Crippen molar-refractivity contribution in [2.24, 2.45) is 9.98 Å². The fraction of sp³-hybridized carbons (Fsp3) is 0.417. The van der Waals surface area contributed by atoms with Crippen molar-refractivity contribution >= 4 is 34.7 Å². The molecule has 2 aromatic rings. The molecule has 0 saturated heterocycles. The van der Waals surface area contributed by atoms with Gasteiger partial charge in [0.25, 0.3) is 0 Å². The maximum Gasteiger partial charge on any atom is 0.0654 e. The van der Waals surface area contributed by atoms with Crippen molar-refractivity contribution in [3.63, 3.8) is 0 Å². The Balaban J connectivity index is 0.00000420. The van der Waals surface area contributed by atoms with Crippen molar-refractivity contribution in [1.29, 1.82) is 0 Å². The van der Waals surface area contributed by atoms with Gasteiger partial charge >= 0.3 is 0 Å². The molecule has 2 aromatic carbocycles. The molecule has 5 heteroatoms. The summed E-state index contributed by atoms with van der Waals surface area (Å²) < 4.78 is 0. The molecule has 160 valence electrons. The molecule has 0 atom stereocenters. The van der Waals surface area contributed by atoms with Crippen LogP contribution in [0.25, 0.3) is 0 Å². The second kappa shape index (κ2) is 13.3. The van der Waals surface area contributed by atoms with E-state index in [9.17, 15) is 0 Å². The van der Waals surface area contributed by atoms with Crippen molar-refractivity contribution in [2.75, 3.05) is 10.6 Å². The Labute approximate surface area is 190 Å². The van der Waals surface area contributed by atoms with E-state index in [-0.39, 0.29) is 20.4 Å². The summed E-state index contributed by atoms with van der Waals surface area (Å²) in [7, 11) is 0. The molecule has 0 unspecified atom stereocenters. The minimum absolute atomic E-state index is 0. The van der Waals surface area contributed by atoms with E-state index in [0.29, 0.717) is 12.1 Å². The van der Waals surface area contributed by atoms with Crippen LogP contribution in [-0.2, 0) is 20.4 Å². The van der Waals surface area contributed by atoms with E-state index in [0.717, 1.165) is 47.7 Å². The van der Waals surface area contributed by atoms with Crippen LogP contribution in [0.3, 0.4) is 0 Å². The van der Waals surface area contributed by atoms with Gasteiger partial charge in [0.15, 0.2) is 0 Å². The summed E-state index contributed by atoms with van der Waals surface area (Å²) >= 11 is 0. The molecule has 0 aliphatic heterocycles. The standard InChI is InChI=1S/C24H34N4.Pd/c1-6-7-10-24(28-23-14-9-13-22(16-23)27-19(4)5)17-25-20-11-8-12-21(15-20)26-18(2)3;/h8-9,11-19,26-27H,6-7,10H2,1-5H3;. The molecule has 0 fully saturated rings. The molecule has 4 nitrogen and oxygen atoms in total. The summed E-state index contributed by atoms with van der Waals surface area (Å²) in [5.41, 5.74) is 5.08. The number of nitrogens with zero attached hydrogens (tertiary/aromatic N) is 2. The van der Waals surface area contributed by atoms with Crippen molar-refractivity contribution < 1.29 is 20.4 Å². The predicted octanol–water partition coefficient (Wildman–Crippen LogP) is 6.99. The van der Waals surface area contributed by atoms with Crippen LogP contribution in [0.1, 0.15) is 53.9 Å². The average molecular weight is 485 g/mol. The molecule has 0 spiro atoms. The number of nitrogens with one attached hydrogen (secondary N) is 2. The van der Waals surface area contributed by atoms with Gasteiger partial charge in [-0.1, -0.05) is 25.5 Å². The third kappa shape index (κ3) is 9.88. The fourth-order valence-corrected chi connectivity index (χ4v) is 2.83. The van der Waals surface area contributed by atoms with Crippen LogP contribution >= 0.6 is 0 Å². The summed E-state index contributed by atoms with van der Waals surface area (Å²) in [4.78, 5) is 9.54. The third-order valence-electron chi connectivity index (χ3n) is 4.02. The molecular weight excluding hydrogens is 451 g/mol. The number of aliphatic imine (C=N–C) groups is 2. The SMILES string of the molecule is CCCCC(C=Nc1cccc(NC(C)C)c1)=Nc1cccc(NC(C)C)c1.[Pd]. The Hall–Kier alpha value is -1.96. The first-order chi connectivity index (χ1) is 13.5.